The van der Waals surface area contributed by atoms with Crippen LogP contribution in [0.5, 0.6) is 0 Å². The maximum atomic E-state index is 10.6. The molecule has 0 saturated heterocycles. The van der Waals surface area contributed by atoms with E-state index in [1.807, 2.05) is 13.8 Å². The third-order valence-corrected chi connectivity index (χ3v) is 1.19. The molecule has 0 spiro atoms. The minimum atomic E-state index is -0.232. The average molecular weight is 170 g/mol. The van der Waals surface area contributed by atoms with E-state index in [4.69, 9.17) is 0 Å². The summed E-state index contributed by atoms with van der Waals surface area (Å²) in [6.45, 7) is 11.0. The van der Waals surface area contributed by atoms with Crippen molar-refractivity contribution >= 4 is 12.2 Å². The molecule has 0 aliphatic heterocycles. The van der Waals surface area contributed by atoms with Crippen LogP contribution < -0.4 is 5.69 Å². The van der Waals surface area contributed by atoms with Crippen LogP contribution >= 0.6 is 0 Å². The van der Waals surface area contributed by atoms with Crippen LogP contribution in [0.25, 0.3) is 12.2 Å². The topological polar surface area (TPSA) is 48.6 Å². The van der Waals surface area contributed by atoms with E-state index >= 15 is 0 Å². The molecule has 1 aromatic heterocycles. The molecule has 0 saturated carbocycles. The largest absolute Gasteiger partial charge is 0.323 e. The molecule has 0 radical (unpaired) electrons. The number of hydrogen-bond acceptors (Lipinski definition) is 1. The number of aromatic nitrogens is 2. The molecule has 0 bridgehead atoms. The number of imidazole rings is 1. The molecule has 0 amide bonds. The molecular formula is C9H18N2O. The van der Waals surface area contributed by atoms with Crippen LogP contribution in [0.4, 0.5) is 0 Å². The Morgan fingerprint density at radius 3 is 1.75 bits per heavy atom. The summed E-state index contributed by atoms with van der Waals surface area (Å²) in [6.07, 6.45) is 3.13. The van der Waals surface area contributed by atoms with Gasteiger partial charge in [0.05, 0.1) is 11.4 Å². The number of aromatic amines is 2. The van der Waals surface area contributed by atoms with Gasteiger partial charge in [-0.25, -0.2) is 4.79 Å². The fourth-order valence-corrected chi connectivity index (χ4v) is 0.733. The standard InChI is InChI=1S/C7H8N2O.C2H6.2H2/c1-3-5-6(4-2)9-7(10)8-5;1-2;;/h3-4H,1-2H2,(H2,8,9,10);1-2H3;2*1H. The zero-order valence-corrected chi connectivity index (χ0v) is 7.48. The fraction of sp³-hybridized carbons (Fsp3) is 0.222. The SMILES string of the molecule is C=Cc1[nH]c(=O)[nH]c1C=C.CC.[HH].[HH]. The molecule has 1 aromatic rings. The summed E-state index contributed by atoms with van der Waals surface area (Å²) >= 11 is 0. The van der Waals surface area contributed by atoms with Crippen LogP contribution in [-0.2, 0) is 0 Å². The monoisotopic (exact) mass is 170 g/mol. The van der Waals surface area contributed by atoms with E-state index in [2.05, 4.69) is 23.1 Å². The van der Waals surface area contributed by atoms with E-state index in [0.29, 0.717) is 11.4 Å². The van der Waals surface area contributed by atoms with Crippen LogP contribution in [0, 0.1) is 0 Å². The van der Waals surface area contributed by atoms with Crippen molar-refractivity contribution in [2.75, 3.05) is 0 Å². The van der Waals surface area contributed by atoms with Crippen molar-refractivity contribution in [1.82, 2.24) is 9.97 Å². The predicted molar refractivity (Wildman–Crippen MR) is 57.2 cm³/mol. The molecule has 3 heteroatoms. The lowest BCUT2D eigenvalue weighted by Crippen LogP contribution is -2.00. The Kier molecular flexibility index (Phi) is 4.53. The van der Waals surface area contributed by atoms with Gasteiger partial charge in [0.2, 0.25) is 0 Å². The summed E-state index contributed by atoms with van der Waals surface area (Å²) in [7, 11) is 0. The van der Waals surface area contributed by atoms with Crippen molar-refractivity contribution in [3.8, 4) is 0 Å². The second-order valence-corrected chi connectivity index (χ2v) is 1.81. The predicted octanol–water partition coefficient (Wildman–Crippen LogP) is 2.51. The lowest BCUT2D eigenvalue weighted by atomic mass is 10.3. The van der Waals surface area contributed by atoms with E-state index < -0.39 is 0 Å². The summed E-state index contributed by atoms with van der Waals surface area (Å²) in [4.78, 5) is 15.7. The van der Waals surface area contributed by atoms with Crippen molar-refractivity contribution in [3.05, 3.63) is 35.0 Å². The van der Waals surface area contributed by atoms with Crippen LogP contribution in [0.3, 0.4) is 0 Å². The van der Waals surface area contributed by atoms with E-state index in [1.165, 1.54) is 0 Å². The zero-order chi connectivity index (χ0) is 9.56. The molecule has 0 aliphatic rings. The Balaban J connectivity index is -0.000000284. The van der Waals surface area contributed by atoms with Gasteiger partial charge in [0.25, 0.3) is 0 Å². The maximum Gasteiger partial charge on any atom is 0.323 e. The Morgan fingerprint density at radius 2 is 1.50 bits per heavy atom. The van der Waals surface area contributed by atoms with Gasteiger partial charge in [0.15, 0.2) is 0 Å². The summed E-state index contributed by atoms with van der Waals surface area (Å²) in [6, 6.07) is 0. The van der Waals surface area contributed by atoms with Crippen LogP contribution in [-0.4, -0.2) is 9.97 Å². The average Bonchev–Trinajstić information content (AvgIpc) is 2.49. The number of nitrogens with one attached hydrogen (secondary N) is 2. The number of rotatable bonds is 2. The molecule has 70 valence electrons. The first-order chi connectivity index (χ1) is 5.77. The van der Waals surface area contributed by atoms with Gasteiger partial charge >= 0.3 is 5.69 Å². The Hall–Kier alpha value is -1.51. The maximum absolute atomic E-state index is 10.6. The van der Waals surface area contributed by atoms with Gasteiger partial charge in [-0.05, 0) is 12.2 Å². The highest BCUT2D eigenvalue weighted by Gasteiger charge is 1.96. The normalized spacial score (nSPS) is 8.17. The highest BCUT2D eigenvalue weighted by molar-refractivity contribution is 5.56. The molecule has 3 nitrogen and oxygen atoms in total. The van der Waals surface area contributed by atoms with E-state index in [0.717, 1.165) is 0 Å². The third kappa shape index (κ3) is 2.27. The Bertz CT molecular complexity index is 286. The van der Waals surface area contributed by atoms with Crippen molar-refractivity contribution in [3.63, 3.8) is 0 Å². The molecule has 0 unspecified atom stereocenters. The Labute approximate surface area is 74.8 Å². The minimum Gasteiger partial charge on any atom is -0.306 e. The van der Waals surface area contributed by atoms with Gasteiger partial charge in [-0.1, -0.05) is 27.0 Å². The summed E-state index contributed by atoms with van der Waals surface area (Å²) in [5, 5.41) is 0. The molecule has 12 heavy (non-hydrogen) atoms. The second-order valence-electron chi connectivity index (χ2n) is 1.81. The fourth-order valence-electron chi connectivity index (χ4n) is 0.733. The van der Waals surface area contributed by atoms with Crippen molar-refractivity contribution in [2.24, 2.45) is 0 Å². The lowest BCUT2D eigenvalue weighted by Gasteiger charge is -1.84. The third-order valence-electron chi connectivity index (χ3n) is 1.19. The van der Waals surface area contributed by atoms with Crippen LogP contribution in [0.2, 0.25) is 0 Å². The van der Waals surface area contributed by atoms with Gasteiger partial charge in [-0.3, -0.25) is 0 Å². The van der Waals surface area contributed by atoms with E-state index in [9.17, 15) is 4.79 Å². The quantitative estimate of drug-likeness (QED) is 0.704. The van der Waals surface area contributed by atoms with Crippen molar-refractivity contribution in [2.45, 2.75) is 13.8 Å². The van der Waals surface area contributed by atoms with E-state index in [-0.39, 0.29) is 8.54 Å². The summed E-state index contributed by atoms with van der Waals surface area (Å²) in [5.74, 6) is 0. The summed E-state index contributed by atoms with van der Waals surface area (Å²) in [5.41, 5.74) is 1.13. The second kappa shape index (κ2) is 5.18. The van der Waals surface area contributed by atoms with Gasteiger partial charge in [0, 0.05) is 2.85 Å². The Morgan fingerprint density at radius 1 is 1.17 bits per heavy atom. The molecular weight excluding hydrogens is 152 g/mol. The molecule has 0 atom stereocenters. The number of hydrogen-bond donors (Lipinski definition) is 2. The molecule has 1 heterocycles. The van der Waals surface area contributed by atoms with Gasteiger partial charge in [-0.15, -0.1) is 0 Å². The molecule has 2 N–H and O–H groups in total. The van der Waals surface area contributed by atoms with E-state index in [1.54, 1.807) is 12.2 Å². The van der Waals surface area contributed by atoms with Crippen LogP contribution in [0.1, 0.15) is 28.1 Å². The molecule has 0 aliphatic carbocycles. The first-order valence-electron chi connectivity index (χ1n) is 3.85. The molecule has 0 fully saturated rings. The van der Waals surface area contributed by atoms with Crippen molar-refractivity contribution < 1.29 is 2.85 Å². The van der Waals surface area contributed by atoms with Gasteiger partial charge in [0.1, 0.15) is 0 Å². The highest BCUT2D eigenvalue weighted by Crippen LogP contribution is 2.01. The lowest BCUT2D eigenvalue weighted by molar-refractivity contribution is 1.18. The highest BCUT2D eigenvalue weighted by atomic mass is 16.1. The zero-order valence-electron chi connectivity index (χ0n) is 7.48. The van der Waals surface area contributed by atoms with Crippen molar-refractivity contribution in [1.29, 1.82) is 0 Å². The van der Waals surface area contributed by atoms with Gasteiger partial charge in [-0.2, -0.15) is 0 Å². The first kappa shape index (κ1) is 10.5. The summed E-state index contributed by atoms with van der Waals surface area (Å²) < 4.78 is 0. The number of H-pyrrole nitrogens is 2. The smallest absolute Gasteiger partial charge is 0.306 e. The molecule has 1 rings (SSSR count). The molecule has 0 aromatic carbocycles. The first-order valence-corrected chi connectivity index (χ1v) is 3.85. The minimum absolute atomic E-state index is 0. The van der Waals surface area contributed by atoms with Crippen LogP contribution in [0.15, 0.2) is 18.0 Å². The van der Waals surface area contributed by atoms with Gasteiger partial charge < -0.3 is 9.97 Å².